The third-order valence-electron chi connectivity index (χ3n) is 2.84. The molecule has 0 atom stereocenters. The average Bonchev–Trinajstić information content (AvgIpc) is 2.85. The van der Waals surface area contributed by atoms with E-state index in [1.807, 2.05) is 0 Å². The molecule has 1 aromatic rings. The van der Waals surface area contributed by atoms with E-state index in [1.54, 1.807) is 3.57 Å². The third-order valence-corrected chi connectivity index (χ3v) is 8.23. The molecule has 2 aliphatic carbocycles. The molecule has 0 unspecified atom stereocenters. The van der Waals surface area contributed by atoms with Gasteiger partial charge >= 0.3 is 118 Å². The Morgan fingerprint density at radius 3 is 1.87 bits per heavy atom. The van der Waals surface area contributed by atoms with Crippen LogP contribution in [0.1, 0.15) is 22.3 Å². The van der Waals surface area contributed by atoms with Crippen molar-refractivity contribution in [2.24, 2.45) is 0 Å². The van der Waals surface area contributed by atoms with Gasteiger partial charge < -0.3 is 0 Å². The summed E-state index contributed by atoms with van der Waals surface area (Å²) in [5.74, 6) is 0. The van der Waals surface area contributed by atoms with Gasteiger partial charge in [-0.1, -0.05) is 0 Å². The Bertz CT molecular complexity index is 550. The Labute approximate surface area is 117 Å². The fourth-order valence-electron chi connectivity index (χ4n) is 2.08. The van der Waals surface area contributed by atoms with Gasteiger partial charge in [-0.15, -0.1) is 0 Å². The fraction of sp³-hybridized carbons (Fsp3) is 0. The molecule has 0 amide bonds. The minimum absolute atomic E-state index is 0.0898. The van der Waals surface area contributed by atoms with Crippen molar-refractivity contribution in [3.05, 3.63) is 37.3 Å². The van der Waals surface area contributed by atoms with E-state index in [0.717, 1.165) is 16.3 Å². The van der Waals surface area contributed by atoms with Crippen molar-refractivity contribution in [1.29, 1.82) is 0 Å². The first-order valence-corrected chi connectivity index (χ1v) is 13.0. The van der Waals surface area contributed by atoms with Crippen molar-refractivity contribution in [2.75, 3.05) is 0 Å². The molecule has 3 heteroatoms. The van der Waals surface area contributed by atoms with E-state index < -0.39 is 0 Å². The van der Waals surface area contributed by atoms with Gasteiger partial charge in [0.2, 0.25) is 0 Å². The molecule has 0 fully saturated rings. The normalized spacial score (nSPS) is 13.9. The number of hydrogen-bond donors (Lipinski definition) is 0. The van der Waals surface area contributed by atoms with E-state index in [2.05, 4.69) is 54.4 Å². The summed E-state index contributed by atoms with van der Waals surface area (Å²) in [6, 6.07) is 0. The summed E-state index contributed by atoms with van der Waals surface area (Å²) in [5.41, 5.74) is 12.2. The van der Waals surface area contributed by atoms with Crippen LogP contribution in [0, 0.1) is 3.57 Å². The zero-order valence-electron chi connectivity index (χ0n) is 8.07. The standard InChI is InChI=1S/C12H4I2.Al.2H/c13-14-12-10-5-1-3-8(10)7-9-4-2-6-11(9)12;;;/h3-6H;;;/q-1;;;. The number of fused-ring (bicyclic) bond motifs is 2. The summed E-state index contributed by atoms with van der Waals surface area (Å²) < 4.78 is 3.07. The van der Waals surface area contributed by atoms with E-state index in [9.17, 15) is 0 Å². The molecule has 72 valence electrons. The molecular weight excluding hydrogens is 425 g/mol. The van der Waals surface area contributed by atoms with Gasteiger partial charge in [-0.05, 0) is 0 Å². The van der Waals surface area contributed by atoms with E-state index >= 15 is 0 Å². The molecule has 0 heterocycles. The second-order valence-corrected chi connectivity index (χ2v) is 8.80. The van der Waals surface area contributed by atoms with E-state index in [4.69, 9.17) is 0 Å². The Kier molecular flexibility index (Phi) is 2.72. The first kappa shape index (κ1) is 10.4. The van der Waals surface area contributed by atoms with Gasteiger partial charge in [0.05, 0.1) is 0 Å². The summed E-state index contributed by atoms with van der Waals surface area (Å²) in [4.78, 5) is 0. The Morgan fingerprint density at radius 2 is 1.40 bits per heavy atom. The van der Waals surface area contributed by atoms with Crippen molar-refractivity contribution < 1.29 is 17.2 Å². The Morgan fingerprint density at radius 1 is 0.933 bits per heavy atom. The predicted octanol–water partition coefficient (Wildman–Crippen LogP) is -1.17. The van der Waals surface area contributed by atoms with Crippen LogP contribution in [0.4, 0.5) is 0 Å². The molecule has 0 radical (unpaired) electrons. The van der Waals surface area contributed by atoms with Crippen molar-refractivity contribution in [1.82, 2.24) is 0 Å². The minimum atomic E-state index is 0.0898. The zero-order chi connectivity index (χ0) is 10.4. The van der Waals surface area contributed by atoms with Crippen molar-refractivity contribution in [3.8, 4) is 0 Å². The summed E-state index contributed by atoms with van der Waals surface area (Å²) in [6.45, 7) is 0. The number of hydrogen-bond acceptors (Lipinski definition) is 0. The van der Waals surface area contributed by atoms with E-state index in [-0.39, 0.29) is 17.2 Å². The van der Waals surface area contributed by atoms with E-state index in [0.29, 0.717) is 0 Å². The quantitative estimate of drug-likeness (QED) is 0.259. The molecule has 15 heavy (non-hydrogen) atoms. The van der Waals surface area contributed by atoms with Gasteiger partial charge in [0, 0.05) is 0 Å². The topological polar surface area (TPSA) is 0 Å². The van der Waals surface area contributed by atoms with Gasteiger partial charge in [0.15, 0.2) is 0 Å². The average molecular weight is 431 g/mol. The number of halogens is 2. The second-order valence-electron chi connectivity index (χ2n) is 3.58. The van der Waals surface area contributed by atoms with Crippen LogP contribution in [0.15, 0.2) is 11.5 Å². The van der Waals surface area contributed by atoms with Crippen molar-refractivity contribution in [2.45, 2.75) is 0 Å². The molecule has 0 saturated heterocycles. The molecule has 0 N–H and O–H groups in total. The van der Waals surface area contributed by atoms with Crippen LogP contribution in [0.3, 0.4) is 0 Å². The third kappa shape index (κ3) is 1.46. The van der Waals surface area contributed by atoms with Gasteiger partial charge in [-0.3, -0.25) is 0 Å². The molecule has 0 nitrogen and oxygen atoms in total. The summed E-state index contributed by atoms with van der Waals surface area (Å²) >= 11 is 3.74. The van der Waals surface area contributed by atoms with Gasteiger partial charge in [-0.2, -0.15) is 0 Å². The molecule has 0 saturated carbocycles. The molecule has 0 spiro atoms. The molecule has 0 bridgehead atoms. The summed E-state index contributed by atoms with van der Waals surface area (Å²) in [6.07, 6.45) is 8.58. The Hall–Kier alpha value is 0.252. The predicted molar refractivity (Wildman–Crippen MR) is 72.2 cm³/mol. The molecule has 1 aromatic carbocycles. The first-order valence-electron chi connectivity index (χ1n) is 4.64. The van der Waals surface area contributed by atoms with Gasteiger partial charge in [-0.25, -0.2) is 0 Å². The van der Waals surface area contributed by atoms with Crippen LogP contribution >= 0.6 is 18.6 Å². The zero-order valence-corrected chi connectivity index (χ0v) is 14.4. The molecule has 3 rings (SSSR count). The van der Waals surface area contributed by atoms with Crippen LogP contribution in [0.2, 0.25) is 0 Å². The van der Waals surface area contributed by atoms with Crippen molar-refractivity contribution in [3.63, 3.8) is 0 Å². The van der Waals surface area contributed by atoms with Crippen LogP contribution in [-0.4, -0.2) is 16.3 Å². The molecule has 0 aliphatic heterocycles. The fourth-order valence-corrected chi connectivity index (χ4v) is 7.18. The maximum absolute atomic E-state index is 3.24. The summed E-state index contributed by atoms with van der Waals surface area (Å²) in [5, 5.41) is 0. The molecule has 2 aliphatic rings. The molecular formula is C12H6AlI2-. The van der Waals surface area contributed by atoms with E-state index in [1.165, 1.54) is 26.7 Å². The van der Waals surface area contributed by atoms with Gasteiger partial charge in [0.25, 0.3) is 0 Å². The Balaban J connectivity index is 2.44. The number of benzene rings is 1. The van der Waals surface area contributed by atoms with Crippen LogP contribution in [-0.2, 0) is 0 Å². The van der Waals surface area contributed by atoms with Crippen LogP contribution in [0.25, 0.3) is 24.3 Å². The molecule has 0 aromatic heterocycles. The summed E-state index contributed by atoms with van der Waals surface area (Å²) in [7, 11) is 0. The number of rotatable bonds is 1. The van der Waals surface area contributed by atoms with Crippen LogP contribution in [0.5, 0.6) is 0 Å². The SMILES string of the molecule is [AlH2][c]1c2c(c([I-]I)c3c1C=C=C3)C=C=C2. The van der Waals surface area contributed by atoms with Gasteiger partial charge in [0.1, 0.15) is 0 Å². The first-order chi connectivity index (χ1) is 7.33. The van der Waals surface area contributed by atoms with Crippen molar-refractivity contribution >= 4 is 63.6 Å². The second kappa shape index (κ2) is 3.93. The maximum atomic E-state index is 3.24. The monoisotopic (exact) mass is 431 g/mol. The van der Waals surface area contributed by atoms with Crippen LogP contribution < -0.4 is 21.7 Å².